The van der Waals surface area contributed by atoms with Crippen molar-refractivity contribution in [3.63, 3.8) is 0 Å². The Bertz CT molecular complexity index is 1060. The molecular formula is C21H19N3O2S. The third kappa shape index (κ3) is 4.17. The van der Waals surface area contributed by atoms with Crippen molar-refractivity contribution in [1.29, 1.82) is 0 Å². The van der Waals surface area contributed by atoms with Crippen LogP contribution in [0.15, 0.2) is 66.3 Å². The first kappa shape index (κ1) is 17.3. The largest absolute Gasteiger partial charge is 0.489 e. The van der Waals surface area contributed by atoms with Crippen LogP contribution in [0.1, 0.15) is 27.2 Å². The first-order valence-corrected chi connectivity index (χ1v) is 9.53. The highest BCUT2D eigenvalue weighted by Gasteiger charge is 2.09. The van der Waals surface area contributed by atoms with Gasteiger partial charge in [-0.2, -0.15) is 0 Å². The predicted molar refractivity (Wildman–Crippen MR) is 106 cm³/mol. The van der Waals surface area contributed by atoms with Crippen molar-refractivity contribution in [2.45, 2.75) is 20.1 Å². The van der Waals surface area contributed by atoms with Gasteiger partial charge in [0.25, 0.3) is 5.91 Å². The molecule has 0 aliphatic carbocycles. The quantitative estimate of drug-likeness (QED) is 0.547. The zero-order valence-corrected chi connectivity index (χ0v) is 15.7. The van der Waals surface area contributed by atoms with E-state index in [0.717, 1.165) is 16.2 Å². The summed E-state index contributed by atoms with van der Waals surface area (Å²) in [5.41, 5.74) is 3.70. The van der Waals surface area contributed by atoms with Crippen LogP contribution in [-0.2, 0) is 13.2 Å². The zero-order chi connectivity index (χ0) is 18.6. The topological polar surface area (TPSA) is 55.6 Å². The molecule has 0 aliphatic heterocycles. The number of fused-ring (bicyclic) bond motifs is 1. The van der Waals surface area contributed by atoms with Gasteiger partial charge in [0, 0.05) is 23.3 Å². The van der Waals surface area contributed by atoms with Crippen LogP contribution >= 0.6 is 11.3 Å². The summed E-state index contributed by atoms with van der Waals surface area (Å²) in [6, 6.07) is 15.4. The van der Waals surface area contributed by atoms with Gasteiger partial charge in [0.05, 0.1) is 12.2 Å². The molecular weight excluding hydrogens is 358 g/mol. The monoisotopic (exact) mass is 377 g/mol. The number of ether oxygens (including phenoxy) is 1. The summed E-state index contributed by atoms with van der Waals surface area (Å²) in [5.74, 6) is 0.527. The molecule has 0 bridgehead atoms. The number of thiazole rings is 1. The number of hydrogen-bond acceptors (Lipinski definition) is 4. The van der Waals surface area contributed by atoms with E-state index >= 15 is 0 Å². The zero-order valence-electron chi connectivity index (χ0n) is 14.9. The summed E-state index contributed by atoms with van der Waals surface area (Å²) in [5, 5.41) is 4.89. The smallest absolute Gasteiger partial charge is 0.251 e. The lowest BCUT2D eigenvalue weighted by Gasteiger charge is -2.09. The summed E-state index contributed by atoms with van der Waals surface area (Å²) in [6.45, 7) is 2.91. The number of hydrogen-bond donors (Lipinski definition) is 1. The second-order valence-electron chi connectivity index (χ2n) is 6.31. The van der Waals surface area contributed by atoms with Gasteiger partial charge in [-0.25, -0.2) is 4.98 Å². The number of nitrogens with one attached hydrogen (secondary N) is 1. The second kappa shape index (κ2) is 7.63. The van der Waals surface area contributed by atoms with Gasteiger partial charge in [0.1, 0.15) is 12.4 Å². The minimum Gasteiger partial charge on any atom is -0.489 e. The van der Waals surface area contributed by atoms with Crippen molar-refractivity contribution in [3.8, 4) is 5.75 Å². The number of carbonyl (C=O) groups is 1. The van der Waals surface area contributed by atoms with Crippen LogP contribution in [0.3, 0.4) is 0 Å². The van der Waals surface area contributed by atoms with Crippen LogP contribution in [0.4, 0.5) is 0 Å². The van der Waals surface area contributed by atoms with Gasteiger partial charge in [-0.05, 0) is 30.7 Å². The molecule has 1 amide bonds. The molecule has 0 saturated carbocycles. The van der Waals surface area contributed by atoms with E-state index in [0.29, 0.717) is 24.5 Å². The average Bonchev–Trinajstić information content (AvgIpc) is 3.26. The molecule has 0 saturated heterocycles. The van der Waals surface area contributed by atoms with Gasteiger partial charge in [-0.15, -0.1) is 11.3 Å². The molecule has 4 aromatic rings. The summed E-state index contributed by atoms with van der Waals surface area (Å²) < 4.78 is 7.79. The molecule has 6 heteroatoms. The van der Waals surface area contributed by atoms with Gasteiger partial charge < -0.3 is 10.1 Å². The Balaban J connectivity index is 1.37. The lowest BCUT2D eigenvalue weighted by atomic mass is 10.1. The Morgan fingerprint density at radius 3 is 2.96 bits per heavy atom. The molecule has 2 aromatic heterocycles. The van der Waals surface area contributed by atoms with Crippen LogP contribution < -0.4 is 10.1 Å². The third-order valence-electron chi connectivity index (χ3n) is 4.16. The summed E-state index contributed by atoms with van der Waals surface area (Å²) in [4.78, 5) is 17.8. The number of aryl methyl sites for hydroxylation is 1. The SMILES string of the molecule is Cc1cccc(COc2cccc(C(=O)NCc3cn4ccsc4n3)c2)c1. The predicted octanol–water partition coefficient (Wildman–Crippen LogP) is 4.21. The summed E-state index contributed by atoms with van der Waals surface area (Å²) in [6.07, 6.45) is 3.88. The van der Waals surface area contributed by atoms with E-state index in [9.17, 15) is 4.79 Å². The molecule has 2 heterocycles. The van der Waals surface area contributed by atoms with Crippen LogP contribution in [0, 0.1) is 6.92 Å². The summed E-state index contributed by atoms with van der Waals surface area (Å²) in [7, 11) is 0. The van der Waals surface area contributed by atoms with Gasteiger partial charge in [-0.3, -0.25) is 9.20 Å². The van der Waals surface area contributed by atoms with E-state index in [2.05, 4.69) is 29.4 Å². The molecule has 0 atom stereocenters. The van der Waals surface area contributed by atoms with E-state index < -0.39 is 0 Å². The Morgan fingerprint density at radius 1 is 1.22 bits per heavy atom. The van der Waals surface area contributed by atoms with E-state index in [1.807, 2.05) is 46.4 Å². The van der Waals surface area contributed by atoms with Gasteiger partial charge in [0.15, 0.2) is 4.96 Å². The first-order valence-electron chi connectivity index (χ1n) is 8.65. The van der Waals surface area contributed by atoms with Crippen LogP contribution in [-0.4, -0.2) is 15.3 Å². The number of imidazole rings is 1. The van der Waals surface area contributed by atoms with Crippen molar-refractivity contribution >= 4 is 22.2 Å². The Hall–Kier alpha value is -3.12. The molecule has 4 rings (SSSR count). The Morgan fingerprint density at radius 2 is 2.11 bits per heavy atom. The average molecular weight is 377 g/mol. The molecule has 136 valence electrons. The molecule has 0 spiro atoms. The Kier molecular flexibility index (Phi) is 4.89. The first-order chi connectivity index (χ1) is 13.2. The number of carbonyl (C=O) groups excluding carboxylic acids is 1. The highest BCUT2D eigenvalue weighted by atomic mass is 32.1. The maximum absolute atomic E-state index is 12.4. The third-order valence-corrected chi connectivity index (χ3v) is 4.93. The molecule has 0 aliphatic rings. The standard InChI is InChI=1S/C21H19N3O2S/c1-15-4-2-5-16(10-15)14-26-19-7-3-6-17(11-19)20(25)22-12-18-13-24-8-9-27-21(24)23-18/h2-11,13H,12,14H2,1H3,(H,22,25). The molecule has 0 radical (unpaired) electrons. The second-order valence-corrected chi connectivity index (χ2v) is 7.19. The number of aromatic nitrogens is 2. The molecule has 1 N–H and O–H groups in total. The van der Waals surface area contributed by atoms with Gasteiger partial charge >= 0.3 is 0 Å². The number of nitrogens with zero attached hydrogens (tertiary/aromatic N) is 2. The fourth-order valence-electron chi connectivity index (χ4n) is 2.83. The molecule has 5 nitrogen and oxygen atoms in total. The van der Waals surface area contributed by atoms with E-state index in [4.69, 9.17) is 4.74 Å². The number of rotatable bonds is 6. The van der Waals surface area contributed by atoms with Crippen molar-refractivity contribution in [2.24, 2.45) is 0 Å². The molecule has 0 unspecified atom stereocenters. The summed E-state index contributed by atoms with van der Waals surface area (Å²) >= 11 is 1.57. The number of benzene rings is 2. The van der Waals surface area contributed by atoms with Gasteiger partial charge in [-0.1, -0.05) is 35.9 Å². The highest BCUT2D eigenvalue weighted by Crippen LogP contribution is 2.16. The van der Waals surface area contributed by atoms with Gasteiger partial charge in [0.2, 0.25) is 0 Å². The van der Waals surface area contributed by atoms with Crippen molar-refractivity contribution in [1.82, 2.24) is 14.7 Å². The maximum atomic E-state index is 12.4. The van der Waals surface area contributed by atoms with E-state index in [1.165, 1.54) is 5.56 Å². The lowest BCUT2D eigenvalue weighted by Crippen LogP contribution is -2.22. The van der Waals surface area contributed by atoms with Crippen LogP contribution in [0.25, 0.3) is 4.96 Å². The minimum absolute atomic E-state index is 0.146. The number of amides is 1. The highest BCUT2D eigenvalue weighted by molar-refractivity contribution is 7.15. The fraction of sp³-hybridized carbons (Fsp3) is 0.143. The lowest BCUT2D eigenvalue weighted by molar-refractivity contribution is 0.0950. The van der Waals surface area contributed by atoms with E-state index in [-0.39, 0.29) is 5.91 Å². The van der Waals surface area contributed by atoms with Crippen molar-refractivity contribution in [3.05, 3.63) is 88.7 Å². The van der Waals surface area contributed by atoms with Crippen molar-refractivity contribution < 1.29 is 9.53 Å². The molecule has 0 fully saturated rings. The van der Waals surface area contributed by atoms with Crippen molar-refractivity contribution in [2.75, 3.05) is 0 Å². The van der Waals surface area contributed by atoms with Crippen LogP contribution in [0.2, 0.25) is 0 Å². The molecule has 2 aromatic carbocycles. The normalized spacial score (nSPS) is 10.9. The molecule has 27 heavy (non-hydrogen) atoms. The minimum atomic E-state index is -0.146. The van der Waals surface area contributed by atoms with E-state index in [1.54, 1.807) is 23.5 Å². The fourth-order valence-corrected chi connectivity index (χ4v) is 3.55. The Labute approximate surface area is 161 Å². The maximum Gasteiger partial charge on any atom is 0.251 e. The van der Waals surface area contributed by atoms with Crippen LogP contribution in [0.5, 0.6) is 5.75 Å².